The summed E-state index contributed by atoms with van der Waals surface area (Å²) in [6.07, 6.45) is 3.97. The van der Waals surface area contributed by atoms with Gasteiger partial charge in [-0.25, -0.2) is 4.98 Å². The Kier molecular flexibility index (Phi) is 4.74. The van der Waals surface area contributed by atoms with Crippen LogP contribution in [0.1, 0.15) is 12.1 Å². The molecule has 0 spiro atoms. The number of nitrogens with zero attached hydrogens (tertiary/aromatic N) is 2. The maximum Gasteiger partial charge on any atom is 0.140 e. The molecule has 1 heterocycles. The standard InChI is InChI=1S/C11H13N3O/c1-2-15-7-3-6-13-11-5-4-10(8-12)14-9-11/h2,4-5,9,13H,1,3,6-7H2. The molecule has 0 unspecified atom stereocenters. The van der Waals surface area contributed by atoms with E-state index in [2.05, 4.69) is 16.9 Å². The maximum atomic E-state index is 8.54. The van der Waals surface area contributed by atoms with Gasteiger partial charge in [-0.15, -0.1) is 0 Å². The van der Waals surface area contributed by atoms with Gasteiger partial charge in [0.25, 0.3) is 0 Å². The van der Waals surface area contributed by atoms with Crippen molar-refractivity contribution in [3.63, 3.8) is 0 Å². The lowest BCUT2D eigenvalue weighted by atomic mass is 10.3. The van der Waals surface area contributed by atoms with Crippen LogP contribution in [0.5, 0.6) is 0 Å². The van der Waals surface area contributed by atoms with E-state index in [4.69, 9.17) is 10.00 Å². The summed E-state index contributed by atoms with van der Waals surface area (Å²) in [5, 5.41) is 11.7. The molecule has 0 saturated heterocycles. The quantitative estimate of drug-likeness (QED) is 0.566. The Bertz CT molecular complexity index is 340. The molecule has 1 N–H and O–H groups in total. The van der Waals surface area contributed by atoms with E-state index in [1.54, 1.807) is 12.3 Å². The summed E-state index contributed by atoms with van der Waals surface area (Å²) in [6, 6.07) is 5.48. The first-order chi connectivity index (χ1) is 7.36. The minimum atomic E-state index is 0.426. The molecular formula is C11H13N3O. The Morgan fingerprint density at radius 2 is 2.47 bits per heavy atom. The van der Waals surface area contributed by atoms with Crippen molar-refractivity contribution in [3.05, 3.63) is 36.9 Å². The van der Waals surface area contributed by atoms with Crippen molar-refractivity contribution in [3.8, 4) is 6.07 Å². The average molecular weight is 203 g/mol. The summed E-state index contributed by atoms with van der Waals surface area (Å²) in [5.41, 5.74) is 1.34. The molecule has 0 fully saturated rings. The molecule has 0 aliphatic carbocycles. The molecule has 1 rings (SSSR count). The van der Waals surface area contributed by atoms with Gasteiger partial charge in [-0.1, -0.05) is 6.58 Å². The molecule has 0 bridgehead atoms. The molecule has 15 heavy (non-hydrogen) atoms. The third-order valence-electron chi connectivity index (χ3n) is 1.76. The Morgan fingerprint density at radius 1 is 1.60 bits per heavy atom. The summed E-state index contributed by atoms with van der Waals surface area (Å²) in [6.45, 7) is 4.91. The topological polar surface area (TPSA) is 57.9 Å². The summed E-state index contributed by atoms with van der Waals surface area (Å²) in [4.78, 5) is 3.94. The minimum Gasteiger partial charge on any atom is -0.502 e. The lowest BCUT2D eigenvalue weighted by molar-refractivity contribution is 0.249. The highest BCUT2D eigenvalue weighted by Crippen LogP contribution is 2.05. The van der Waals surface area contributed by atoms with Gasteiger partial charge in [0.15, 0.2) is 0 Å². The highest BCUT2D eigenvalue weighted by molar-refractivity contribution is 5.42. The Balaban J connectivity index is 2.26. The van der Waals surface area contributed by atoms with Gasteiger partial charge >= 0.3 is 0 Å². The number of hydrogen-bond donors (Lipinski definition) is 1. The number of ether oxygens (including phenoxy) is 1. The van der Waals surface area contributed by atoms with Crippen molar-refractivity contribution >= 4 is 5.69 Å². The van der Waals surface area contributed by atoms with Gasteiger partial charge in [0.2, 0.25) is 0 Å². The van der Waals surface area contributed by atoms with Crippen LogP contribution in [-0.4, -0.2) is 18.1 Å². The van der Waals surface area contributed by atoms with E-state index in [1.807, 2.05) is 12.1 Å². The van der Waals surface area contributed by atoms with E-state index in [9.17, 15) is 0 Å². The molecule has 0 saturated carbocycles. The van der Waals surface area contributed by atoms with Gasteiger partial charge in [-0.3, -0.25) is 0 Å². The molecule has 4 nitrogen and oxygen atoms in total. The zero-order valence-corrected chi connectivity index (χ0v) is 8.44. The fourth-order valence-corrected chi connectivity index (χ4v) is 1.04. The van der Waals surface area contributed by atoms with Crippen LogP contribution in [0.25, 0.3) is 0 Å². The highest BCUT2D eigenvalue weighted by atomic mass is 16.5. The molecular weight excluding hydrogens is 190 g/mol. The molecule has 0 aromatic carbocycles. The van der Waals surface area contributed by atoms with Crippen molar-refractivity contribution in [2.24, 2.45) is 0 Å². The Labute approximate surface area is 89.2 Å². The van der Waals surface area contributed by atoms with Gasteiger partial charge < -0.3 is 10.1 Å². The van der Waals surface area contributed by atoms with Crippen molar-refractivity contribution < 1.29 is 4.74 Å². The number of anilines is 1. The van der Waals surface area contributed by atoms with Crippen LogP contribution in [0.2, 0.25) is 0 Å². The molecule has 78 valence electrons. The first-order valence-electron chi connectivity index (χ1n) is 4.69. The van der Waals surface area contributed by atoms with Gasteiger partial charge in [-0.05, 0) is 18.6 Å². The van der Waals surface area contributed by atoms with E-state index in [0.29, 0.717) is 12.3 Å². The summed E-state index contributed by atoms with van der Waals surface area (Å²) in [7, 11) is 0. The van der Waals surface area contributed by atoms with E-state index in [0.717, 1.165) is 18.7 Å². The molecule has 1 aromatic rings. The van der Waals surface area contributed by atoms with Crippen LogP contribution < -0.4 is 5.32 Å². The van der Waals surface area contributed by atoms with Crippen LogP contribution >= 0.6 is 0 Å². The molecule has 1 aromatic heterocycles. The van der Waals surface area contributed by atoms with Gasteiger partial charge in [0.1, 0.15) is 11.8 Å². The Hall–Kier alpha value is -2.02. The minimum absolute atomic E-state index is 0.426. The number of pyridine rings is 1. The third kappa shape index (κ3) is 4.14. The van der Waals surface area contributed by atoms with E-state index in [-0.39, 0.29) is 0 Å². The summed E-state index contributed by atoms with van der Waals surface area (Å²) < 4.78 is 4.97. The van der Waals surface area contributed by atoms with Crippen molar-refractivity contribution in [2.45, 2.75) is 6.42 Å². The predicted octanol–water partition coefficient (Wildman–Crippen LogP) is 1.92. The van der Waals surface area contributed by atoms with Crippen molar-refractivity contribution in [1.82, 2.24) is 4.98 Å². The second-order valence-corrected chi connectivity index (χ2v) is 2.86. The average Bonchev–Trinajstić information content (AvgIpc) is 2.30. The second kappa shape index (κ2) is 6.44. The third-order valence-corrected chi connectivity index (χ3v) is 1.76. The smallest absolute Gasteiger partial charge is 0.140 e. The number of hydrogen-bond acceptors (Lipinski definition) is 4. The van der Waals surface area contributed by atoms with Crippen LogP contribution in [0.3, 0.4) is 0 Å². The predicted molar refractivity (Wildman–Crippen MR) is 58.2 cm³/mol. The molecule has 0 amide bonds. The maximum absolute atomic E-state index is 8.54. The number of nitrogens with one attached hydrogen (secondary N) is 1. The second-order valence-electron chi connectivity index (χ2n) is 2.86. The van der Waals surface area contributed by atoms with Gasteiger partial charge in [0.05, 0.1) is 24.8 Å². The zero-order valence-electron chi connectivity index (χ0n) is 8.44. The van der Waals surface area contributed by atoms with Crippen LogP contribution in [0, 0.1) is 11.3 Å². The van der Waals surface area contributed by atoms with E-state index >= 15 is 0 Å². The molecule has 0 aliphatic heterocycles. The van der Waals surface area contributed by atoms with Crippen LogP contribution in [0.4, 0.5) is 5.69 Å². The lowest BCUT2D eigenvalue weighted by Crippen LogP contribution is -2.04. The monoisotopic (exact) mass is 203 g/mol. The van der Waals surface area contributed by atoms with E-state index in [1.165, 1.54) is 6.26 Å². The van der Waals surface area contributed by atoms with Gasteiger partial charge in [0, 0.05) is 6.54 Å². The first-order valence-corrected chi connectivity index (χ1v) is 4.69. The van der Waals surface area contributed by atoms with Crippen LogP contribution in [0.15, 0.2) is 31.2 Å². The number of nitriles is 1. The van der Waals surface area contributed by atoms with Crippen molar-refractivity contribution in [1.29, 1.82) is 5.26 Å². The van der Waals surface area contributed by atoms with Crippen LogP contribution in [-0.2, 0) is 4.74 Å². The number of rotatable bonds is 6. The molecule has 0 radical (unpaired) electrons. The zero-order chi connectivity index (χ0) is 10.9. The molecule has 4 heteroatoms. The van der Waals surface area contributed by atoms with E-state index < -0.39 is 0 Å². The van der Waals surface area contributed by atoms with Crippen molar-refractivity contribution in [2.75, 3.05) is 18.5 Å². The lowest BCUT2D eigenvalue weighted by Gasteiger charge is -2.05. The fraction of sp³-hybridized carbons (Fsp3) is 0.273. The first kappa shape index (κ1) is 11.1. The molecule has 0 aliphatic rings. The summed E-state index contributed by atoms with van der Waals surface area (Å²) >= 11 is 0. The molecule has 0 atom stereocenters. The Morgan fingerprint density at radius 3 is 3.07 bits per heavy atom. The van der Waals surface area contributed by atoms with Gasteiger partial charge in [-0.2, -0.15) is 5.26 Å². The SMILES string of the molecule is C=COCCCNc1ccc(C#N)nc1. The number of aromatic nitrogens is 1. The fourth-order valence-electron chi connectivity index (χ4n) is 1.04. The highest BCUT2D eigenvalue weighted by Gasteiger charge is 1.93. The normalized spacial score (nSPS) is 9.00. The largest absolute Gasteiger partial charge is 0.502 e. The summed E-state index contributed by atoms with van der Waals surface area (Å²) in [5.74, 6) is 0.